The van der Waals surface area contributed by atoms with Gasteiger partial charge in [-0.2, -0.15) is 0 Å². The Hall–Kier alpha value is -1.88. The molecule has 1 aliphatic heterocycles. The van der Waals surface area contributed by atoms with E-state index in [4.69, 9.17) is 0 Å². The largest absolute Gasteiger partial charge is 0.312 e. The average Bonchev–Trinajstić information content (AvgIpc) is 2.82. The van der Waals surface area contributed by atoms with Crippen molar-refractivity contribution in [2.75, 3.05) is 11.4 Å². The molecule has 0 spiro atoms. The lowest BCUT2D eigenvalue weighted by Gasteiger charge is -2.16. The lowest BCUT2D eigenvalue weighted by Crippen LogP contribution is -2.41. The molecule has 0 atom stereocenters. The van der Waals surface area contributed by atoms with Crippen LogP contribution in [0.25, 0.3) is 0 Å². The fourth-order valence-electron chi connectivity index (χ4n) is 2.02. The number of nitrogens with zero attached hydrogens (tertiary/aromatic N) is 1. The van der Waals surface area contributed by atoms with Crippen LogP contribution in [-0.4, -0.2) is 24.4 Å². The van der Waals surface area contributed by atoms with E-state index >= 15 is 0 Å². The van der Waals surface area contributed by atoms with E-state index in [0.717, 1.165) is 18.7 Å². The van der Waals surface area contributed by atoms with Gasteiger partial charge in [-0.3, -0.25) is 15.0 Å². The third-order valence-electron chi connectivity index (χ3n) is 2.97. The summed E-state index contributed by atoms with van der Waals surface area (Å²) in [4.78, 5) is 25.3. The molecule has 1 aromatic rings. The molecule has 2 rings (SSSR count). The van der Waals surface area contributed by atoms with Crippen LogP contribution in [0.2, 0.25) is 0 Å². The van der Waals surface area contributed by atoms with Crippen molar-refractivity contribution in [3.63, 3.8) is 0 Å². The number of nitrogens with one attached hydrogen (secondary N) is 2. The summed E-state index contributed by atoms with van der Waals surface area (Å²) in [6.45, 7) is 4.62. The first kappa shape index (κ1) is 13.5. The molecular weight excluding hydrogens is 242 g/mol. The molecule has 19 heavy (non-hydrogen) atoms. The maximum atomic E-state index is 11.9. The second-order valence-corrected chi connectivity index (χ2v) is 4.95. The number of amides is 2. The van der Waals surface area contributed by atoms with Crippen LogP contribution in [-0.2, 0) is 4.79 Å². The topological polar surface area (TPSA) is 61.4 Å². The molecule has 0 saturated carbocycles. The summed E-state index contributed by atoms with van der Waals surface area (Å²) in [5, 5.41) is 0. The quantitative estimate of drug-likeness (QED) is 0.807. The predicted octanol–water partition coefficient (Wildman–Crippen LogP) is 1.46. The number of benzene rings is 1. The van der Waals surface area contributed by atoms with Gasteiger partial charge in [-0.15, -0.1) is 0 Å². The van der Waals surface area contributed by atoms with Gasteiger partial charge in [0.15, 0.2) is 0 Å². The Bertz CT molecular complexity index is 485. The van der Waals surface area contributed by atoms with Crippen molar-refractivity contribution in [1.29, 1.82) is 0 Å². The second-order valence-electron chi connectivity index (χ2n) is 4.95. The van der Waals surface area contributed by atoms with Gasteiger partial charge in [0.05, 0.1) is 0 Å². The van der Waals surface area contributed by atoms with E-state index in [1.165, 1.54) is 0 Å². The summed E-state index contributed by atoms with van der Waals surface area (Å²) in [5.74, 6) is -0.0694. The smallest absolute Gasteiger partial charge is 0.265 e. The van der Waals surface area contributed by atoms with Crippen molar-refractivity contribution in [3.05, 3.63) is 29.8 Å². The van der Waals surface area contributed by atoms with Crippen LogP contribution in [0.5, 0.6) is 0 Å². The van der Waals surface area contributed by atoms with Crippen molar-refractivity contribution in [2.24, 2.45) is 0 Å². The normalized spacial score (nSPS) is 15.1. The molecule has 2 N–H and O–H groups in total. The molecule has 1 aromatic carbocycles. The highest BCUT2D eigenvalue weighted by Gasteiger charge is 2.22. The number of anilines is 1. The van der Waals surface area contributed by atoms with E-state index in [1.54, 1.807) is 23.1 Å². The first-order chi connectivity index (χ1) is 9.08. The summed E-state index contributed by atoms with van der Waals surface area (Å²) in [5.41, 5.74) is 6.83. The molecule has 0 radical (unpaired) electrons. The summed E-state index contributed by atoms with van der Waals surface area (Å²) < 4.78 is 0. The van der Waals surface area contributed by atoms with Gasteiger partial charge in [0.25, 0.3) is 5.91 Å². The molecule has 1 saturated heterocycles. The molecular formula is C14H19N3O2. The van der Waals surface area contributed by atoms with Crippen LogP contribution in [0.4, 0.5) is 5.69 Å². The van der Waals surface area contributed by atoms with Crippen LogP contribution in [0, 0.1) is 0 Å². The van der Waals surface area contributed by atoms with Gasteiger partial charge in [0.1, 0.15) is 0 Å². The van der Waals surface area contributed by atoms with Crippen LogP contribution < -0.4 is 15.8 Å². The van der Waals surface area contributed by atoms with Crippen molar-refractivity contribution >= 4 is 17.5 Å². The number of rotatable bonds is 4. The minimum absolute atomic E-state index is 0.123. The zero-order chi connectivity index (χ0) is 13.8. The SMILES string of the molecule is CC(C)NNC(=O)c1cccc(N2CCCC2=O)c1. The lowest BCUT2D eigenvalue weighted by atomic mass is 10.2. The molecule has 2 amide bonds. The van der Waals surface area contributed by atoms with E-state index in [1.807, 2.05) is 19.9 Å². The number of carbonyl (C=O) groups is 2. The summed E-state index contributed by atoms with van der Waals surface area (Å²) in [6.07, 6.45) is 1.47. The van der Waals surface area contributed by atoms with E-state index in [2.05, 4.69) is 10.9 Å². The van der Waals surface area contributed by atoms with Gasteiger partial charge in [-0.05, 0) is 38.5 Å². The molecule has 1 fully saturated rings. The lowest BCUT2D eigenvalue weighted by molar-refractivity contribution is -0.117. The Morgan fingerprint density at radius 2 is 2.16 bits per heavy atom. The molecule has 5 heteroatoms. The standard InChI is InChI=1S/C14H19N3O2/c1-10(2)15-16-14(19)11-5-3-6-12(9-11)17-8-4-7-13(17)18/h3,5-6,9-10,15H,4,7-8H2,1-2H3,(H,16,19). The van der Waals surface area contributed by atoms with Gasteiger partial charge in [-0.1, -0.05) is 6.07 Å². The molecule has 0 unspecified atom stereocenters. The van der Waals surface area contributed by atoms with Gasteiger partial charge < -0.3 is 4.90 Å². The predicted molar refractivity (Wildman–Crippen MR) is 73.8 cm³/mol. The van der Waals surface area contributed by atoms with Crippen LogP contribution >= 0.6 is 0 Å². The Morgan fingerprint density at radius 3 is 2.79 bits per heavy atom. The molecule has 1 aliphatic rings. The van der Waals surface area contributed by atoms with Gasteiger partial charge in [0.2, 0.25) is 5.91 Å². The molecule has 5 nitrogen and oxygen atoms in total. The van der Waals surface area contributed by atoms with E-state index in [0.29, 0.717) is 12.0 Å². The first-order valence-electron chi connectivity index (χ1n) is 6.54. The van der Waals surface area contributed by atoms with Crippen LogP contribution in [0.15, 0.2) is 24.3 Å². The van der Waals surface area contributed by atoms with Gasteiger partial charge >= 0.3 is 0 Å². The fourth-order valence-corrected chi connectivity index (χ4v) is 2.02. The van der Waals surface area contributed by atoms with E-state index in [9.17, 15) is 9.59 Å². The number of hydrazine groups is 1. The Labute approximate surface area is 112 Å². The highest BCUT2D eigenvalue weighted by atomic mass is 16.2. The van der Waals surface area contributed by atoms with Gasteiger partial charge in [-0.25, -0.2) is 5.43 Å². The molecule has 0 aliphatic carbocycles. The van der Waals surface area contributed by atoms with Gasteiger partial charge in [0, 0.05) is 30.3 Å². The van der Waals surface area contributed by atoms with Crippen LogP contribution in [0.1, 0.15) is 37.0 Å². The Morgan fingerprint density at radius 1 is 1.37 bits per heavy atom. The number of carbonyl (C=O) groups excluding carboxylic acids is 2. The first-order valence-corrected chi connectivity index (χ1v) is 6.54. The summed E-state index contributed by atoms with van der Waals surface area (Å²) >= 11 is 0. The highest BCUT2D eigenvalue weighted by molar-refractivity contribution is 5.98. The maximum absolute atomic E-state index is 11.9. The van der Waals surface area contributed by atoms with Crippen molar-refractivity contribution < 1.29 is 9.59 Å². The fraction of sp³-hybridized carbons (Fsp3) is 0.429. The van der Waals surface area contributed by atoms with Crippen LogP contribution in [0.3, 0.4) is 0 Å². The monoisotopic (exact) mass is 261 g/mol. The third-order valence-corrected chi connectivity index (χ3v) is 2.97. The minimum atomic E-state index is -0.192. The molecule has 102 valence electrons. The van der Waals surface area contributed by atoms with E-state index < -0.39 is 0 Å². The van der Waals surface area contributed by atoms with Crippen molar-refractivity contribution in [1.82, 2.24) is 10.9 Å². The summed E-state index contributed by atoms with van der Waals surface area (Å²) in [7, 11) is 0. The maximum Gasteiger partial charge on any atom is 0.265 e. The molecule has 0 aromatic heterocycles. The summed E-state index contributed by atoms with van der Waals surface area (Å²) in [6, 6.07) is 7.32. The van der Waals surface area contributed by atoms with Crippen molar-refractivity contribution in [3.8, 4) is 0 Å². The van der Waals surface area contributed by atoms with Crippen molar-refractivity contribution in [2.45, 2.75) is 32.7 Å². The minimum Gasteiger partial charge on any atom is -0.312 e. The number of hydrogen-bond acceptors (Lipinski definition) is 3. The zero-order valence-corrected chi connectivity index (χ0v) is 11.3. The molecule has 0 bridgehead atoms. The number of hydrogen-bond donors (Lipinski definition) is 2. The average molecular weight is 261 g/mol. The Kier molecular flexibility index (Phi) is 4.16. The van der Waals surface area contributed by atoms with E-state index in [-0.39, 0.29) is 17.9 Å². The third kappa shape index (κ3) is 3.32. The second kappa shape index (κ2) is 5.84. The highest BCUT2D eigenvalue weighted by Crippen LogP contribution is 2.22. The Balaban J connectivity index is 2.10. The molecule has 1 heterocycles. The zero-order valence-electron chi connectivity index (χ0n) is 11.3.